The van der Waals surface area contributed by atoms with E-state index in [0.29, 0.717) is 0 Å². The number of amides is 1. The van der Waals surface area contributed by atoms with Gasteiger partial charge in [-0.15, -0.1) is 0 Å². The van der Waals surface area contributed by atoms with Crippen LogP contribution in [0.2, 0.25) is 0 Å². The van der Waals surface area contributed by atoms with Gasteiger partial charge in [0.1, 0.15) is 6.04 Å². The summed E-state index contributed by atoms with van der Waals surface area (Å²) < 4.78 is 0. The molecule has 3 N–H and O–H groups in total. The molecule has 5 nitrogen and oxygen atoms in total. The fourth-order valence-corrected chi connectivity index (χ4v) is 2.29. The molecule has 1 fully saturated rings. The number of hydrogen-bond acceptors (Lipinski definition) is 3. The van der Waals surface area contributed by atoms with Crippen LogP contribution in [0, 0.1) is 5.41 Å². The van der Waals surface area contributed by atoms with Gasteiger partial charge >= 0.3 is 5.97 Å². The molecule has 1 saturated carbocycles. The van der Waals surface area contributed by atoms with Crippen LogP contribution in [0.3, 0.4) is 0 Å². The highest BCUT2D eigenvalue weighted by atomic mass is 16.4. The van der Waals surface area contributed by atoms with Crippen LogP contribution < -0.4 is 5.32 Å². The van der Waals surface area contributed by atoms with Crippen LogP contribution in [0.5, 0.6) is 0 Å². The Labute approximate surface area is 94.8 Å². The van der Waals surface area contributed by atoms with Gasteiger partial charge in [-0.05, 0) is 19.3 Å². The number of carbonyl (C=O) groups is 2. The van der Waals surface area contributed by atoms with E-state index in [1.165, 1.54) is 0 Å². The number of aliphatic hydroxyl groups is 1. The molecule has 1 aliphatic rings. The van der Waals surface area contributed by atoms with Crippen molar-refractivity contribution in [1.29, 1.82) is 0 Å². The minimum absolute atomic E-state index is 0.228. The molecule has 0 spiro atoms. The van der Waals surface area contributed by atoms with Crippen LogP contribution in [0.25, 0.3) is 0 Å². The summed E-state index contributed by atoms with van der Waals surface area (Å²) in [6, 6.07) is -1.18. The third-order valence-corrected chi connectivity index (χ3v) is 3.51. The molecule has 0 aromatic rings. The lowest BCUT2D eigenvalue weighted by atomic mass is 9.82. The third kappa shape index (κ3) is 2.52. The zero-order valence-electron chi connectivity index (χ0n) is 9.53. The minimum Gasteiger partial charge on any atom is -0.480 e. The Hall–Kier alpha value is -1.10. The van der Waals surface area contributed by atoms with E-state index in [9.17, 15) is 9.59 Å². The summed E-state index contributed by atoms with van der Waals surface area (Å²) in [5.41, 5.74) is -0.414. The first kappa shape index (κ1) is 13.0. The number of nitrogens with one attached hydrogen (secondary N) is 1. The van der Waals surface area contributed by atoms with Gasteiger partial charge in [0.05, 0.1) is 6.61 Å². The molecule has 0 aromatic carbocycles. The maximum atomic E-state index is 12.0. The van der Waals surface area contributed by atoms with Gasteiger partial charge in [0.2, 0.25) is 5.91 Å². The Bertz CT molecular complexity index is 271. The number of carboxylic acids is 1. The molecule has 92 valence electrons. The molecule has 0 aromatic heterocycles. The predicted octanol–water partition coefficient (Wildman–Crippen LogP) is 0.518. The van der Waals surface area contributed by atoms with Crippen LogP contribution in [0.1, 0.15) is 39.0 Å². The maximum absolute atomic E-state index is 12.0. The van der Waals surface area contributed by atoms with Crippen molar-refractivity contribution in [2.24, 2.45) is 5.41 Å². The SMILES string of the molecule is CCC1(C(=O)N[C@H](CO)C(=O)O)CCCC1. The van der Waals surface area contributed by atoms with Crippen molar-refractivity contribution in [1.82, 2.24) is 5.32 Å². The lowest BCUT2D eigenvalue weighted by Gasteiger charge is -2.27. The van der Waals surface area contributed by atoms with E-state index in [1.807, 2.05) is 6.92 Å². The Morgan fingerprint density at radius 1 is 1.38 bits per heavy atom. The standard InChI is InChI=1S/C11H19NO4/c1-2-11(5-3-4-6-11)10(16)12-8(7-13)9(14)15/h8,13H,2-7H2,1H3,(H,12,16)(H,14,15)/t8-/m1/s1. The van der Waals surface area contributed by atoms with E-state index in [1.54, 1.807) is 0 Å². The molecule has 0 saturated heterocycles. The minimum atomic E-state index is -1.19. The monoisotopic (exact) mass is 229 g/mol. The number of rotatable bonds is 5. The second-order valence-corrected chi connectivity index (χ2v) is 4.39. The van der Waals surface area contributed by atoms with Crippen LogP contribution in [-0.4, -0.2) is 34.7 Å². The molecular weight excluding hydrogens is 210 g/mol. The average molecular weight is 229 g/mol. The summed E-state index contributed by atoms with van der Waals surface area (Å²) in [5.74, 6) is -1.42. The van der Waals surface area contributed by atoms with Gasteiger partial charge < -0.3 is 15.5 Å². The molecule has 1 aliphatic carbocycles. The fraction of sp³-hybridized carbons (Fsp3) is 0.818. The second-order valence-electron chi connectivity index (χ2n) is 4.39. The van der Waals surface area contributed by atoms with Gasteiger partial charge in [-0.25, -0.2) is 4.79 Å². The molecule has 0 radical (unpaired) electrons. The topological polar surface area (TPSA) is 86.6 Å². The predicted molar refractivity (Wildman–Crippen MR) is 57.8 cm³/mol. The summed E-state index contributed by atoms with van der Waals surface area (Å²) in [6.07, 6.45) is 4.37. The zero-order valence-corrected chi connectivity index (χ0v) is 9.53. The highest BCUT2D eigenvalue weighted by Gasteiger charge is 2.40. The van der Waals surface area contributed by atoms with E-state index in [-0.39, 0.29) is 5.91 Å². The van der Waals surface area contributed by atoms with Crippen molar-refractivity contribution in [3.8, 4) is 0 Å². The van der Waals surface area contributed by atoms with Gasteiger partial charge in [-0.1, -0.05) is 19.8 Å². The van der Waals surface area contributed by atoms with Crippen LogP contribution >= 0.6 is 0 Å². The average Bonchev–Trinajstić information content (AvgIpc) is 2.74. The summed E-state index contributed by atoms with van der Waals surface area (Å²) in [5, 5.41) is 20.0. The Morgan fingerprint density at radius 3 is 2.31 bits per heavy atom. The molecular formula is C11H19NO4. The first-order valence-electron chi connectivity index (χ1n) is 5.70. The Morgan fingerprint density at radius 2 is 1.94 bits per heavy atom. The maximum Gasteiger partial charge on any atom is 0.328 e. The van der Waals surface area contributed by atoms with E-state index >= 15 is 0 Å². The second kappa shape index (κ2) is 5.30. The number of carbonyl (C=O) groups excluding carboxylic acids is 1. The normalized spacial score (nSPS) is 20.4. The summed E-state index contributed by atoms with van der Waals surface area (Å²) in [4.78, 5) is 22.7. The first-order chi connectivity index (χ1) is 7.55. The smallest absolute Gasteiger partial charge is 0.328 e. The van der Waals surface area contributed by atoms with Crippen LogP contribution in [0.15, 0.2) is 0 Å². The number of aliphatic carboxylic acids is 1. The quantitative estimate of drug-likeness (QED) is 0.641. The lowest BCUT2D eigenvalue weighted by Crippen LogP contribution is -2.49. The van der Waals surface area contributed by atoms with Crippen LogP contribution in [0.4, 0.5) is 0 Å². The molecule has 0 bridgehead atoms. The molecule has 1 rings (SSSR count). The van der Waals surface area contributed by atoms with Crippen molar-refractivity contribution in [3.05, 3.63) is 0 Å². The number of hydrogen-bond donors (Lipinski definition) is 3. The zero-order chi connectivity index (χ0) is 12.2. The lowest BCUT2D eigenvalue weighted by molar-refractivity contribution is -0.145. The molecule has 5 heteroatoms. The van der Waals surface area contributed by atoms with Crippen molar-refractivity contribution >= 4 is 11.9 Å². The molecule has 1 atom stereocenters. The van der Waals surface area contributed by atoms with Crippen molar-refractivity contribution in [2.75, 3.05) is 6.61 Å². The summed E-state index contributed by atoms with van der Waals surface area (Å²) >= 11 is 0. The van der Waals surface area contributed by atoms with Crippen LogP contribution in [-0.2, 0) is 9.59 Å². The van der Waals surface area contributed by atoms with E-state index < -0.39 is 24.0 Å². The van der Waals surface area contributed by atoms with Gasteiger partial charge in [0.15, 0.2) is 0 Å². The number of aliphatic hydroxyl groups excluding tert-OH is 1. The molecule has 0 aliphatic heterocycles. The summed E-state index contributed by atoms with van der Waals surface area (Å²) in [6.45, 7) is 1.38. The highest BCUT2D eigenvalue weighted by Crippen LogP contribution is 2.41. The summed E-state index contributed by atoms with van der Waals surface area (Å²) in [7, 11) is 0. The molecule has 0 unspecified atom stereocenters. The van der Waals surface area contributed by atoms with Gasteiger partial charge in [-0.2, -0.15) is 0 Å². The highest BCUT2D eigenvalue weighted by molar-refractivity contribution is 5.87. The molecule has 1 amide bonds. The van der Waals surface area contributed by atoms with Gasteiger partial charge in [-0.3, -0.25) is 4.79 Å². The largest absolute Gasteiger partial charge is 0.480 e. The van der Waals surface area contributed by atoms with Crippen molar-refractivity contribution in [3.63, 3.8) is 0 Å². The fourth-order valence-electron chi connectivity index (χ4n) is 2.29. The van der Waals surface area contributed by atoms with E-state index in [4.69, 9.17) is 10.2 Å². The van der Waals surface area contributed by atoms with E-state index in [2.05, 4.69) is 5.32 Å². The third-order valence-electron chi connectivity index (χ3n) is 3.51. The molecule has 16 heavy (non-hydrogen) atoms. The molecule has 0 heterocycles. The Kier molecular flexibility index (Phi) is 4.29. The van der Waals surface area contributed by atoms with Gasteiger partial charge in [0, 0.05) is 5.41 Å². The van der Waals surface area contributed by atoms with Crippen molar-refractivity contribution < 1.29 is 19.8 Å². The van der Waals surface area contributed by atoms with Crippen molar-refractivity contribution in [2.45, 2.75) is 45.1 Å². The number of carboxylic acid groups (broad SMARTS) is 1. The van der Waals surface area contributed by atoms with E-state index in [0.717, 1.165) is 32.1 Å². The van der Waals surface area contributed by atoms with Gasteiger partial charge in [0.25, 0.3) is 0 Å². The Balaban J connectivity index is 2.65. The first-order valence-corrected chi connectivity index (χ1v) is 5.70.